The molecule has 0 unspecified atom stereocenters. The molecule has 90 valence electrons. The van der Waals surface area contributed by atoms with Gasteiger partial charge in [0.2, 0.25) is 0 Å². The van der Waals surface area contributed by atoms with Crippen LogP contribution < -0.4 is 5.32 Å². The number of hydrogen-bond acceptors (Lipinski definition) is 3. The molecule has 1 aromatic rings. The Morgan fingerprint density at radius 3 is 2.81 bits per heavy atom. The summed E-state index contributed by atoms with van der Waals surface area (Å²) in [6.07, 6.45) is 1.11. The van der Waals surface area contributed by atoms with E-state index in [-0.39, 0.29) is 0 Å². The van der Waals surface area contributed by atoms with Crippen molar-refractivity contribution in [2.75, 3.05) is 27.2 Å². The van der Waals surface area contributed by atoms with E-state index in [9.17, 15) is 5.11 Å². The third kappa shape index (κ3) is 4.51. The van der Waals surface area contributed by atoms with Crippen LogP contribution in [0.15, 0.2) is 22.7 Å². The van der Waals surface area contributed by atoms with Crippen LogP contribution in [0.3, 0.4) is 0 Å². The highest BCUT2D eigenvalue weighted by Crippen LogP contribution is 2.26. The molecule has 4 heteroatoms. The van der Waals surface area contributed by atoms with Crippen LogP contribution >= 0.6 is 15.9 Å². The summed E-state index contributed by atoms with van der Waals surface area (Å²) >= 11 is 3.30. The highest BCUT2D eigenvalue weighted by molar-refractivity contribution is 9.10. The second-order valence-corrected chi connectivity index (χ2v) is 4.94. The Bertz CT molecular complexity index is 329. The number of aromatic hydroxyl groups is 1. The molecular formula is C12H19BrN2O. The molecule has 0 aliphatic heterocycles. The molecule has 1 rings (SSSR count). The van der Waals surface area contributed by atoms with Crippen LogP contribution in [0.4, 0.5) is 0 Å². The predicted molar refractivity (Wildman–Crippen MR) is 70.7 cm³/mol. The van der Waals surface area contributed by atoms with Crippen LogP contribution in [0.2, 0.25) is 0 Å². The van der Waals surface area contributed by atoms with Crippen molar-refractivity contribution in [1.82, 2.24) is 10.2 Å². The fourth-order valence-corrected chi connectivity index (χ4v) is 1.85. The first kappa shape index (κ1) is 13.5. The number of halogens is 1. The first-order chi connectivity index (χ1) is 7.61. The lowest BCUT2D eigenvalue weighted by Crippen LogP contribution is -2.21. The Morgan fingerprint density at radius 1 is 1.38 bits per heavy atom. The molecule has 0 aromatic heterocycles. The summed E-state index contributed by atoms with van der Waals surface area (Å²) in [6, 6.07) is 5.70. The average molecular weight is 287 g/mol. The minimum atomic E-state index is 0.336. The molecule has 0 atom stereocenters. The first-order valence-electron chi connectivity index (χ1n) is 5.43. The Morgan fingerprint density at radius 2 is 2.12 bits per heavy atom. The fraction of sp³-hybridized carbons (Fsp3) is 0.500. The normalized spacial score (nSPS) is 11.0. The molecule has 2 N–H and O–H groups in total. The van der Waals surface area contributed by atoms with Gasteiger partial charge in [-0.3, -0.25) is 0 Å². The van der Waals surface area contributed by atoms with Gasteiger partial charge in [0.1, 0.15) is 5.75 Å². The summed E-state index contributed by atoms with van der Waals surface area (Å²) in [6.45, 7) is 2.75. The summed E-state index contributed by atoms with van der Waals surface area (Å²) in [4.78, 5) is 2.16. The molecule has 0 heterocycles. The number of phenols is 1. The van der Waals surface area contributed by atoms with E-state index >= 15 is 0 Å². The van der Waals surface area contributed by atoms with Gasteiger partial charge in [-0.2, -0.15) is 0 Å². The number of rotatable bonds is 6. The van der Waals surface area contributed by atoms with Crippen molar-refractivity contribution in [2.45, 2.75) is 13.0 Å². The van der Waals surface area contributed by atoms with E-state index in [1.807, 2.05) is 18.2 Å². The van der Waals surface area contributed by atoms with Gasteiger partial charge in [-0.15, -0.1) is 0 Å². The maximum absolute atomic E-state index is 9.75. The summed E-state index contributed by atoms with van der Waals surface area (Å²) in [5.74, 6) is 0.336. The van der Waals surface area contributed by atoms with Gasteiger partial charge >= 0.3 is 0 Å². The molecule has 0 radical (unpaired) electrons. The van der Waals surface area contributed by atoms with Gasteiger partial charge in [0.25, 0.3) is 0 Å². The summed E-state index contributed by atoms with van der Waals surface area (Å²) in [5, 5.41) is 13.1. The molecule has 0 fully saturated rings. The van der Waals surface area contributed by atoms with Crippen molar-refractivity contribution in [2.24, 2.45) is 0 Å². The lowest BCUT2D eigenvalue weighted by molar-refractivity contribution is 0.393. The molecule has 0 aliphatic carbocycles. The largest absolute Gasteiger partial charge is 0.506 e. The molecule has 0 saturated carbocycles. The van der Waals surface area contributed by atoms with Crippen molar-refractivity contribution in [3.8, 4) is 5.75 Å². The van der Waals surface area contributed by atoms with E-state index in [1.165, 1.54) is 0 Å². The van der Waals surface area contributed by atoms with E-state index in [1.54, 1.807) is 0 Å². The van der Waals surface area contributed by atoms with Gasteiger partial charge in [0.15, 0.2) is 0 Å². The Hall–Kier alpha value is -0.580. The zero-order valence-electron chi connectivity index (χ0n) is 9.83. The molecule has 0 spiro atoms. The first-order valence-corrected chi connectivity index (χ1v) is 6.22. The number of para-hydroxylation sites is 1. The van der Waals surface area contributed by atoms with Gasteiger partial charge in [-0.1, -0.05) is 12.1 Å². The monoisotopic (exact) mass is 286 g/mol. The number of phenolic OH excluding ortho intramolecular Hbond substituents is 1. The number of hydrogen-bond donors (Lipinski definition) is 2. The molecule has 3 nitrogen and oxygen atoms in total. The van der Waals surface area contributed by atoms with E-state index in [2.05, 4.69) is 40.2 Å². The Labute approximate surface area is 106 Å². The van der Waals surface area contributed by atoms with Crippen molar-refractivity contribution in [3.63, 3.8) is 0 Å². The average Bonchev–Trinajstić information content (AvgIpc) is 2.23. The summed E-state index contributed by atoms with van der Waals surface area (Å²) in [7, 11) is 4.14. The third-order valence-corrected chi connectivity index (χ3v) is 2.98. The topological polar surface area (TPSA) is 35.5 Å². The highest BCUT2D eigenvalue weighted by atomic mass is 79.9. The van der Waals surface area contributed by atoms with Gasteiger partial charge < -0.3 is 15.3 Å². The van der Waals surface area contributed by atoms with Crippen LogP contribution in [0.25, 0.3) is 0 Å². The molecule has 0 bridgehead atoms. The van der Waals surface area contributed by atoms with E-state index in [4.69, 9.17) is 0 Å². The molecule has 0 aliphatic rings. The van der Waals surface area contributed by atoms with Crippen LogP contribution in [-0.4, -0.2) is 37.2 Å². The highest BCUT2D eigenvalue weighted by Gasteiger charge is 2.03. The number of benzene rings is 1. The van der Waals surface area contributed by atoms with Crippen molar-refractivity contribution in [1.29, 1.82) is 0 Å². The Balaban J connectivity index is 2.29. The van der Waals surface area contributed by atoms with Crippen LogP contribution in [0.5, 0.6) is 5.75 Å². The molecule has 16 heavy (non-hydrogen) atoms. The number of nitrogens with one attached hydrogen (secondary N) is 1. The van der Waals surface area contributed by atoms with Crippen molar-refractivity contribution >= 4 is 15.9 Å². The predicted octanol–water partition coefficient (Wildman–Crippen LogP) is 2.20. The molecule has 0 amide bonds. The maximum atomic E-state index is 9.75. The van der Waals surface area contributed by atoms with E-state index in [0.717, 1.165) is 29.5 Å². The lowest BCUT2D eigenvalue weighted by Gasteiger charge is -2.10. The second-order valence-electron chi connectivity index (χ2n) is 4.08. The maximum Gasteiger partial charge on any atom is 0.134 e. The van der Waals surface area contributed by atoms with Gasteiger partial charge in [0, 0.05) is 12.1 Å². The van der Waals surface area contributed by atoms with Gasteiger partial charge in [-0.25, -0.2) is 0 Å². The fourth-order valence-electron chi connectivity index (χ4n) is 1.45. The zero-order valence-corrected chi connectivity index (χ0v) is 11.4. The minimum Gasteiger partial charge on any atom is -0.506 e. The number of nitrogens with zero attached hydrogens (tertiary/aromatic N) is 1. The van der Waals surface area contributed by atoms with Crippen molar-refractivity contribution < 1.29 is 5.11 Å². The van der Waals surface area contributed by atoms with Crippen LogP contribution in [0, 0.1) is 0 Å². The van der Waals surface area contributed by atoms with Crippen LogP contribution in [-0.2, 0) is 6.54 Å². The Kier molecular flexibility index (Phi) is 5.80. The lowest BCUT2D eigenvalue weighted by atomic mass is 10.2. The molecule has 0 saturated heterocycles. The smallest absolute Gasteiger partial charge is 0.134 e. The van der Waals surface area contributed by atoms with Gasteiger partial charge in [-0.05, 0) is 55.6 Å². The van der Waals surface area contributed by atoms with Crippen LogP contribution in [0.1, 0.15) is 12.0 Å². The SMILES string of the molecule is CN(C)CCCNCc1cccc(Br)c1O. The van der Waals surface area contributed by atoms with E-state index in [0.29, 0.717) is 12.3 Å². The zero-order chi connectivity index (χ0) is 12.0. The second kappa shape index (κ2) is 6.89. The quantitative estimate of drug-likeness (QED) is 0.787. The van der Waals surface area contributed by atoms with E-state index < -0.39 is 0 Å². The third-order valence-electron chi connectivity index (χ3n) is 2.34. The molecule has 1 aromatic carbocycles. The standard InChI is InChI=1S/C12H19BrN2O/c1-15(2)8-4-7-14-9-10-5-3-6-11(13)12(10)16/h3,5-6,14,16H,4,7-9H2,1-2H3. The minimum absolute atomic E-state index is 0.336. The summed E-state index contributed by atoms with van der Waals surface area (Å²) in [5.41, 5.74) is 0.930. The summed E-state index contributed by atoms with van der Waals surface area (Å²) < 4.78 is 0.750. The van der Waals surface area contributed by atoms with Gasteiger partial charge in [0.05, 0.1) is 4.47 Å². The van der Waals surface area contributed by atoms with Crippen molar-refractivity contribution in [3.05, 3.63) is 28.2 Å². The molecular weight excluding hydrogens is 268 g/mol.